The molecule has 1 amide bonds. The van der Waals surface area contributed by atoms with Gasteiger partial charge in [-0.05, 0) is 24.0 Å². The number of rotatable bonds is 8. The molecule has 1 aliphatic rings. The molecule has 1 aromatic rings. The van der Waals surface area contributed by atoms with E-state index < -0.39 is 24.2 Å². The lowest BCUT2D eigenvalue weighted by molar-refractivity contribution is -0.176. The van der Waals surface area contributed by atoms with Crippen molar-refractivity contribution in [3.05, 3.63) is 35.4 Å². The van der Waals surface area contributed by atoms with E-state index in [1.54, 1.807) is 24.3 Å². The van der Waals surface area contributed by atoms with E-state index >= 15 is 0 Å². The Balaban J connectivity index is 1.75. The Hall–Kier alpha value is -2.09. The number of carbonyl (C=O) groups excluding carboxylic acids is 1. The van der Waals surface area contributed by atoms with E-state index in [1.807, 2.05) is 0 Å². The number of carboxylic acids is 1. The SMILES string of the molecule is O=C(CC1(C(=O)O)CCC1)NCc1ccc(COCC(F)(F)F)cc1. The summed E-state index contributed by atoms with van der Waals surface area (Å²) in [6.07, 6.45) is -2.54. The first-order chi connectivity index (χ1) is 11.7. The van der Waals surface area contributed by atoms with Gasteiger partial charge in [0.1, 0.15) is 6.61 Å². The number of carboxylic acid groups (broad SMARTS) is 1. The van der Waals surface area contributed by atoms with E-state index in [-0.39, 0.29) is 25.5 Å². The minimum atomic E-state index is -4.35. The van der Waals surface area contributed by atoms with Gasteiger partial charge in [-0.3, -0.25) is 9.59 Å². The summed E-state index contributed by atoms with van der Waals surface area (Å²) in [6, 6.07) is 6.62. The summed E-state index contributed by atoms with van der Waals surface area (Å²) in [5.41, 5.74) is 0.438. The number of amides is 1. The monoisotopic (exact) mass is 359 g/mol. The van der Waals surface area contributed by atoms with Gasteiger partial charge in [0.2, 0.25) is 5.91 Å². The Morgan fingerprint density at radius 2 is 1.76 bits per heavy atom. The summed E-state index contributed by atoms with van der Waals surface area (Å²) in [5, 5.41) is 11.9. The van der Waals surface area contributed by atoms with Crippen LogP contribution in [0.5, 0.6) is 0 Å². The Morgan fingerprint density at radius 1 is 1.16 bits per heavy atom. The fourth-order valence-electron chi connectivity index (χ4n) is 2.68. The summed E-state index contributed by atoms with van der Waals surface area (Å²) >= 11 is 0. The van der Waals surface area contributed by atoms with Gasteiger partial charge in [0.15, 0.2) is 0 Å². The highest BCUT2D eigenvalue weighted by Gasteiger charge is 2.45. The number of nitrogens with one attached hydrogen (secondary N) is 1. The number of benzene rings is 1. The van der Waals surface area contributed by atoms with Crippen molar-refractivity contribution in [1.29, 1.82) is 0 Å². The van der Waals surface area contributed by atoms with Crippen LogP contribution in [0.15, 0.2) is 24.3 Å². The Morgan fingerprint density at radius 3 is 2.24 bits per heavy atom. The van der Waals surface area contributed by atoms with Crippen LogP contribution in [0.1, 0.15) is 36.8 Å². The van der Waals surface area contributed by atoms with Crippen molar-refractivity contribution in [2.75, 3.05) is 6.61 Å². The second-order valence-electron chi connectivity index (χ2n) is 6.32. The first-order valence-electron chi connectivity index (χ1n) is 7.93. The zero-order valence-electron chi connectivity index (χ0n) is 13.6. The van der Waals surface area contributed by atoms with Crippen molar-refractivity contribution < 1.29 is 32.6 Å². The minimum Gasteiger partial charge on any atom is -0.481 e. The molecule has 138 valence electrons. The number of hydrogen-bond donors (Lipinski definition) is 2. The van der Waals surface area contributed by atoms with Gasteiger partial charge in [0.25, 0.3) is 0 Å². The maximum atomic E-state index is 12.0. The van der Waals surface area contributed by atoms with Crippen LogP contribution in [-0.4, -0.2) is 29.8 Å². The van der Waals surface area contributed by atoms with Crippen molar-refractivity contribution in [2.45, 2.75) is 45.0 Å². The topological polar surface area (TPSA) is 75.6 Å². The zero-order chi connectivity index (χ0) is 18.5. The third-order valence-electron chi connectivity index (χ3n) is 4.31. The third kappa shape index (κ3) is 5.74. The highest BCUT2D eigenvalue weighted by Crippen LogP contribution is 2.44. The van der Waals surface area contributed by atoms with Crippen LogP contribution in [0.3, 0.4) is 0 Å². The fourth-order valence-corrected chi connectivity index (χ4v) is 2.68. The largest absolute Gasteiger partial charge is 0.481 e. The molecular formula is C17H20F3NO4. The highest BCUT2D eigenvalue weighted by molar-refractivity contribution is 5.85. The standard InChI is InChI=1S/C17H20F3NO4/c18-17(19,20)11-25-10-13-4-2-12(3-5-13)9-21-14(22)8-16(15(23)24)6-1-7-16/h2-5H,1,6-11H2,(H,21,22)(H,23,24). The lowest BCUT2D eigenvalue weighted by Crippen LogP contribution is -2.42. The molecule has 0 atom stereocenters. The van der Waals surface area contributed by atoms with E-state index in [2.05, 4.69) is 10.1 Å². The smallest absolute Gasteiger partial charge is 0.411 e. The van der Waals surface area contributed by atoms with Gasteiger partial charge >= 0.3 is 12.1 Å². The average molecular weight is 359 g/mol. The number of aliphatic carboxylic acids is 1. The zero-order valence-corrected chi connectivity index (χ0v) is 13.6. The molecule has 0 radical (unpaired) electrons. The molecule has 2 rings (SSSR count). The van der Waals surface area contributed by atoms with E-state index in [4.69, 9.17) is 0 Å². The lowest BCUT2D eigenvalue weighted by atomic mass is 9.66. The van der Waals surface area contributed by atoms with Crippen LogP contribution in [0, 0.1) is 5.41 Å². The third-order valence-corrected chi connectivity index (χ3v) is 4.31. The summed E-state index contributed by atoms with van der Waals surface area (Å²) in [6.45, 7) is -1.21. The second kappa shape index (κ2) is 7.86. The molecule has 0 heterocycles. The number of carbonyl (C=O) groups is 2. The minimum absolute atomic E-state index is 0.0360. The highest BCUT2D eigenvalue weighted by atomic mass is 19.4. The molecule has 2 N–H and O–H groups in total. The molecular weight excluding hydrogens is 339 g/mol. The summed E-state index contributed by atoms with van der Waals surface area (Å²) < 4.78 is 40.5. The molecule has 0 saturated heterocycles. The van der Waals surface area contributed by atoms with Gasteiger partial charge in [-0.2, -0.15) is 13.2 Å². The van der Waals surface area contributed by atoms with Crippen LogP contribution >= 0.6 is 0 Å². The van der Waals surface area contributed by atoms with Gasteiger partial charge in [-0.25, -0.2) is 0 Å². The molecule has 0 bridgehead atoms. The van der Waals surface area contributed by atoms with Crippen LogP contribution in [0.2, 0.25) is 0 Å². The summed E-state index contributed by atoms with van der Waals surface area (Å²) in [4.78, 5) is 23.2. The molecule has 1 saturated carbocycles. The molecule has 1 fully saturated rings. The Kier molecular flexibility index (Phi) is 6.05. The van der Waals surface area contributed by atoms with Crippen LogP contribution in [0.25, 0.3) is 0 Å². The Bertz CT molecular complexity index is 609. The van der Waals surface area contributed by atoms with E-state index in [1.165, 1.54) is 0 Å². The number of hydrogen-bond acceptors (Lipinski definition) is 3. The second-order valence-corrected chi connectivity index (χ2v) is 6.32. The van der Waals surface area contributed by atoms with Crippen molar-refractivity contribution in [3.8, 4) is 0 Å². The first-order valence-corrected chi connectivity index (χ1v) is 7.93. The predicted molar refractivity (Wildman–Crippen MR) is 82.5 cm³/mol. The first kappa shape index (κ1) is 19.2. The van der Waals surface area contributed by atoms with Crippen LogP contribution in [-0.2, 0) is 27.5 Å². The van der Waals surface area contributed by atoms with Gasteiger partial charge in [-0.15, -0.1) is 0 Å². The predicted octanol–water partition coefficient (Wildman–Crippen LogP) is 3.03. The molecule has 0 aromatic heterocycles. The van der Waals surface area contributed by atoms with Crippen LogP contribution in [0.4, 0.5) is 13.2 Å². The average Bonchev–Trinajstić information content (AvgIpc) is 2.48. The van der Waals surface area contributed by atoms with E-state index in [9.17, 15) is 27.9 Å². The molecule has 25 heavy (non-hydrogen) atoms. The molecule has 0 unspecified atom stereocenters. The summed E-state index contributed by atoms with van der Waals surface area (Å²) in [5.74, 6) is -1.25. The lowest BCUT2D eigenvalue weighted by Gasteiger charge is -2.36. The number of halogens is 3. The van der Waals surface area contributed by atoms with Crippen molar-refractivity contribution in [3.63, 3.8) is 0 Å². The van der Waals surface area contributed by atoms with Crippen molar-refractivity contribution in [2.24, 2.45) is 5.41 Å². The van der Waals surface area contributed by atoms with Gasteiger partial charge in [0.05, 0.1) is 12.0 Å². The van der Waals surface area contributed by atoms with Crippen molar-refractivity contribution in [1.82, 2.24) is 5.32 Å². The number of alkyl halides is 3. The fraction of sp³-hybridized carbons (Fsp3) is 0.529. The molecule has 5 nitrogen and oxygen atoms in total. The quantitative estimate of drug-likeness (QED) is 0.748. The van der Waals surface area contributed by atoms with Crippen molar-refractivity contribution >= 4 is 11.9 Å². The van der Waals surface area contributed by atoms with Gasteiger partial charge < -0.3 is 15.2 Å². The molecule has 0 aliphatic heterocycles. The molecule has 0 spiro atoms. The van der Waals surface area contributed by atoms with E-state index in [0.29, 0.717) is 18.4 Å². The number of ether oxygens (including phenoxy) is 1. The molecule has 1 aromatic carbocycles. The molecule has 1 aliphatic carbocycles. The van der Waals surface area contributed by atoms with Gasteiger partial charge in [0, 0.05) is 13.0 Å². The maximum absolute atomic E-state index is 12.0. The summed E-state index contributed by atoms with van der Waals surface area (Å²) in [7, 11) is 0. The maximum Gasteiger partial charge on any atom is 0.411 e. The van der Waals surface area contributed by atoms with E-state index in [0.717, 1.165) is 12.0 Å². The van der Waals surface area contributed by atoms with Gasteiger partial charge in [-0.1, -0.05) is 30.7 Å². The normalized spacial score (nSPS) is 16.1. The molecule has 8 heteroatoms. The van der Waals surface area contributed by atoms with Crippen LogP contribution < -0.4 is 5.32 Å². The Labute approximate surface area is 143 Å².